The Morgan fingerprint density at radius 2 is 2.24 bits per heavy atom. The second-order valence-electron chi connectivity index (χ2n) is 4.05. The van der Waals surface area contributed by atoms with Gasteiger partial charge >= 0.3 is 0 Å². The van der Waals surface area contributed by atoms with E-state index in [1.54, 1.807) is 6.20 Å². The van der Waals surface area contributed by atoms with Crippen LogP contribution in [-0.2, 0) is 11.2 Å². The summed E-state index contributed by atoms with van der Waals surface area (Å²) in [7, 11) is 0. The van der Waals surface area contributed by atoms with E-state index in [1.807, 2.05) is 6.20 Å². The number of pyridine rings is 1. The van der Waals surface area contributed by atoms with Crippen molar-refractivity contribution >= 4 is 15.9 Å². The molecule has 1 aromatic rings. The van der Waals surface area contributed by atoms with Crippen molar-refractivity contribution in [2.45, 2.75) is 32.7 Å². The number of rotatable bonds is 8. The van der Waals surface area contributed by atoms with E-state index < -0.39 is 0 Å². The van der Waals surface area contributed by atoms with Crippen LogP contribution < -0.4 is 5.32 Å². The molecule has 0 saturated heterocycles. The topological polar surface area (TPSA) is 34.1 Å². The van der Waals surface area contributed by atoms with Gasteiger partial charge in [-0.2, -0.15) is 0 Å². The van der Waals surface area contributed by atoms with Gasteiger partial charge in [-0.15, -0.1) is 0 Å². The molecular weight excluding hydrogens is 280 g/mol. The molecule has 0 fully saturated rings. The van der Waals surface area contributed by atoms with Crippen LogP contribution in [0.3, 0.4) is 0 Å². The predicted octanol–water partition coefficient (Wildman–Crippen LogP) is 2.79. The minimum atomic E-state index is 0.364. The Morgan fingerprint density at radius 1 is 1.41 bits per heavy atom. The number of hydrogen-bond acceptors (Lipinski definition) is 3. The lowest BCUT2D eigenvalue weighted by Gasteiger charge is -2.17. The second kappa shape index (κ2) is 8.61. The molecule has 3 nitrogen and oxygen atoms in total. The smallest absolute Gasteiger partial charge is 0.0622 e. The summed E-state index contributed by atoms with van der Waals surface area (Å²) in [6, 6.07) is 2.47. The molecule has 0 aliphatic carbocycles. The zero-order chi connectivity index (χ0) is 12.5. The van der Waals surface area contributed by atoms with Crippen LogP contribution in [0.25, 0.3) is 0 Å². The van der Waals surface area contributed by atoms with E-state index in [2.05, 4.69) is 46.1 Å². The van der Waals surface area contributed by atoms with E-state index in [9.17, 15) is 0 Å². The van der Waals surface area contributed by atoms with E-state index in [-0.39, 0.29) is 0 Å². The summed E-state index contributed by atoms with van der Waals surface area (Å²) in [6.07, 6.45) is 5.73. The molecule has 4 heteroatoms. The summed E-state index contributed by atoms with van der Waals surface area (Å²) in [4.78, 5) is 4.18. The van der Waals surface area contributed by atoms with Gasteiger partial charge in [0, 0.05) is 29.5 Å². The molecule has 1 rings (SSSR count). The first kappa shape index (κ1) is 14.6. The molecule has 0 amide bonds. The number of halogens is 1. The molecule has 1 heterocycles. The lowest BCUT2D eigenvalue weighted by Crippen LogP contribution is -2.35. The van der Waals surface area contributed by atoms with Crippen LogP contribution in [0.1, 0.15) is 25.8 Å². The van der Waals surface area contributed by atoms with Crippen LogP contribution >= 0.6 is 15.9 Å². The summed E-state index contributed by atoms with van der Waals surface area (Å²) in [5.74, 6) is 0. The Hall–Kier alpha value is -0.450. The van der Waals surface area contributed by atoms with Gasteiger partial charge in [0.1, 0.15) is 0 Å². The molecule has 0 saturated carbocycles. The lowest BCUT2D eigenvalue weighted by molar-refractivity contribution is 0.112. The fraction of sp³-hybridized carbons (Fsp3) is 0.615. The SMILES string of the molecule is CCCOCC(Cc1cncc(Br)c1)NCC. The highest BCUT2D eigenvalue weighted by Crippen LogP contribution is 2.11. The van der Waals surface area contributed by atoms with Gasteiger partial charge in [0.2, 0.25) is 0 Å². The van der Waals surface area contributed by atoms with Crippen LogP contribution in [0.2, 0.25) is 0 Å². The van der Waals surface area contributed by atoms with Crippen molar-refractivity contribution in [3.05, 3.63) is 28.5 Å². The van der Waals surface area contributed by atoms with E-state index >= 15 is 0 Å². The number of nitrogens with one attached hydrogen (secondary N) is 1. The molecule has 17 heavy (non-hydrogen) atoms. The third kappa shape index (κ3) is 6.15. The average Bonchev–Trinajstić information content (AvgIpc) is 2.29. The lowest BCUT2D eigenvalue weighted by atomic mass is 10.1. The van der Waals surface area contributed by atoms with Gasteiger partial charge in [-0.05, 0) is 46.9 Å². The molecule has 0 radical (unpaired) electrons. The van der Waals surface area contributed by atoms with Crippen molar-refractivity contribution < 1.29 is 4.74 Å². The first-order chi connectivity index (χ1) is 8.26. The molecule has 1 atom stereocenters. The van der Waals surface area contributed by atoms with Gasteiger partial charge in [-0.3, -0.25) is 4.98 Å². The largest absolute Gasteiger partial charge is 0.380 e. The minimum absolute atomic E-state index is 0.364. The Bertz CT molecular complexity index is 320. The highest BCUT2D eigenvalue weighted by Gasteiger charge is 2.09. The molecule has 96 valence electrons. The maximum atomic E-state index is 5.61. The first-order valence-electron chi connectivity index (χ1n) is 6.16. The number of likely N-dealkylation sites (N-methyl/N-ethyl adjacent to an activating group) is 1. The zero-order valence-corrected chi connectivity index (χ0v) is 12.2. The Kier molecular flexibility index (Phi) is 7.40. The molecule has 1 aromatic heterocycles. The van der Waals surface area contributed by atoms with Crippen molar-refractivity contribution in [3.63, 3.8) is 0 Å². The predicted molar refractivity (Wildman–Crippen MR) is 74.2 cm³/mol. The van der Waals surface area contributed by atoms with Crippen LogP contribution in [0.15, 0.2) is 22.9 Å². The van der Waals surface area contributed by atoms with Gasteiger partial charge < -0.3 is 10.1 Å². The summed E-state index contributed by atoms with van der Waals surface area (Å²) < 4.78 is 6.63. The maximum Gasteiger partial charge on any atom is 0.0622 e. The van der Waals surface area contributed by atoms with E-state index in [0.29, 0.717) is 6.04 Å². The average molecular weight is 301 g/mol. The van der Waals surface area contributed by atoms with E-state index in [0.717, 1.165) is 37.1 Å². The van der Waals surface area contributed by atoms with E-state index in [4.69, 9.17) is 4.74 Å². The van der Waals surface area contributed by atoms with Gasteiger partial charge in [-0.1, -0.05) is 13.8 Å². The first-order valence-corrected chi connectivity index (χ1v) is 6.96. The maximum absolute atomic E-state index is 5.61. The quantitative estimate of drug-likeness (QED) is 0.750. The Morgan fingerprint density at radius 3 is 2.88 bits per heavy atom. The molecule has 1 N–H and O–H groups in total. The van der Waals surface area contributed by atoms with Gasteiger partial charge in [0.15, 0.2) is 0 Å². The second-order valence-corrected chi connectivity index (χ2v) is 4.96. The van der Waals surface area contributed by atoms with E-state index in [1.165, 1.54) is 5.56 Å². The Labute approximate surface area is 112 Å². The van der Waals surface area contributed by atoms with Crippen LogP contribution in [0.4, 0.5) is 0 Å². The summed E-state index contributed by atoms with van der Waals surface area (Å²) >= 11 is 3.44. The summed E-state index contributed by atoms with van der Waals surface area (Å²) in [5.41, 5.74) is 1.23. The molecule has 0 aliphatic rings. The van der Waals surface area contributed by atoms with Crippen molar-refractivity contribution in [2.75, 3.05) is 19.8 Å². The zero-order valence-electron chi connectivity index (χ0n) is 10.6. The number of ether oxygens (including phenoxy) is 1. The number of hydrogen-bond donors (Lipinski definition) is 1. The summed E-state index contributed by atoms with van der Waals surface area (Å²) in [5, 5.41) is 3.44. The summed E-state index contributed by atoms with van der Waals surface area (Å²) in [6.45, 7) is 6.79. The van der Waals surface area contributed by atoms with Crippen molar-refractivity contribution in [2.24, 2.45) is 0 Å². The van der Waals surface area contributed by atoms with Crippen molar-refractivity contribution in [3.8, 4) is 0 Å². The monoisotopic (exact) mass is 300 g/mol. The van der Waals surface area contributed by atoms with Crippen LogP contribution in [0, 0.1) is 0 Å². The highest BCUT2D eigenvalue weighted by atomic mass is 79.9. The van der Waals surface area contributed by atoms with Gasteiger partial charge in [0.25, 0.3) is 0 Å². The van der Waals surface area contributed by atoms with Crippen LogP contribution in [0.5, 0.6) is 0 Å². The fourth-order valence-electron chi connectivity index (χ4n) is 1.70. The minimum Gasteiger partial charge on any atom is -0.380 e. The third-order valence-electron chi connectivity index (χ3n) is 2.40. The van der Waals surface area contributed by atoms with Crippen LogP contribution in [-0.4, -0.2) is 30.8 Å². The van der Waals surface area contributed by atoms with Crippen molar-refractivity contribution in [1.29, 1.82) is 0 Å². The van der Waals surface area contributed by atoms with Gasteiger partial charge in [0.05, 0.1) is 6.61 Å². The fourth-order valence-corrected chi connectivity index (χ4v) is 2.11. The number of aromatic nitrogens is 1. The highest BCUT2D eigenvalue weighted by molar-refractivity contribution is 9.10. The molecule has 0 bridgehead atoms. The number of nitrogens with zero attached hydrogens (tertiary/aromatic N) is 1. The molecular formula is C13H21BrN2O. The third-order valence-corrected chi connectivity index (χ3v) is 2.84. The normalized spacial score (nSPS) is 12.6. The van der Waals surface area contributed by atoms with Gasteiger partial charge in [-0.25, -0.2) is 0 Å². The molecule has 1 unspecified atom stereocenters. The molecule has 0 aliphatic heterocycles. The standard InChI is InChI=1S/C13H21BrN2O/c1-3-5-17-10-13(16-4-2)7-11-6-12(14)9-15-8-11/h6,8-9,13,16H,3-5,7,10H2,1-2H3. The van der Waals surface area contributed by atoms with Crippen molar-refractivity contribution in [1.82, 2.24) is 10.3 Å². The Balaban J connectivity index is 2.47. The molecule has 0 aromatic carbocycles. The molecule has 0 spiro atoms.